The number of nitrogens with one attached hydrogen (secondary N) is 3. The van der Waals surface area contributed by atoms with Gasteiger partial charge in [0.1, 0.15) is 11.6 Å². The van der Waals surface area contributed by atoms with Gasteiger partial charge < -0.3 is 25.8 Å². The van der Waals surface area contributed by atoms with Crippen LogP contribution in [0.2, 0.25) is 0 Å². The zero-order chi connectivity index (χ0) is 25.6. The molecule has 0 saturated carbocycles. The molecule has 0 bridgehead atoms. The van der Waals surface area contributed by atoms with Crippen molar-refractivity contribution in [1.29, 1.82) is 0 Å². The maximum atomic E-state index is 12.9. The monoisotopic (exact) mass is 500 g/mol. The van der Waals surface area contributed by atoms with E-state index in [1.54, 1.807) is 12.4 Å². The molecule has 0 radical (unpaired) electrons. The normalized spacial score (nSPS) is 17.8. The van der Waals surface area contributed by atoms with E-state index in [4.69, 9.17) is 4.98 Å². The number of aryl methyl sites for hydroxylation is 1. The number of benzene rings is 1. The first-order valence-electron chi connectivity index (χ1n) is 12.7. The minimum atomic E-state index is -0.0841. The predicted molar refractivity (Wildman–Crippen MR) is 143 cm³/mol. The van der Waals surface area contributed by atoms with E-state index in [1.165, 1.54) is 5.56 Å². The molecule has 2 aromatic heterocycles. The molecule has 1 aromatic carbocycles. The van der Waals surface area contributed by atoms with E-state index < -0.39 is 0 Å². The Hall–Kier alpha value is -4.21. The summed E-state index contributed by atoms with van der Waals surface area (Å²) in [5.41, 5.74) is 3.06. The second-order valence-corrected chi connectivity index (χ2v) is 9.53. The highest BCUT2D eigenvalue weighted by Gasteiger charge is 2.26. The first-order valence-corrected chi connectivity index (χ1v) is 12.7. The van der Waals surface area contributed by atoms with Crippen LogP contribution in [0.15, 0.2) is 54.9 Å². The van der Waals surface area contributed by atoms with Gasteiger partial charge >= 0.3 is 0 Å². The van der Waals surface area contributed by atoms with Crippen molar-refractivity contribution in [2.45, 2.75) is 26.3 Å². The Morgan fingerprint density at radius 2 is 1.92 bits per heavy atom. The maximum Gasteiger partial charge on any atom is 0.239 e. The number of carbonyl (C=O) groups is 2. The lowest BCUT2D eigenvalue weighted by Gasteiger charge is -2.33. The highest BCUT2D eigenvalue weighted by Crippen LogP contribution is 2.24. The lowest BCUT2D eigenvalue weighted by atomic mass is 9.97. The maximum absolute atomic E-state index is 12.9. The average Bonchev–Trinajstić information content (AvgIpc) is 2.93. The lowest BCUT2D eigenvalue weighted by molar-refractivity contribution is -0.125. The SMILES string of the molecule is Cc1ccc(CNC(=O)C2CCCN(c3ccnc(Nc4ccc(N5CCNC(=O)C5)nc4)n3)C2)cc1. The number of rotatable bonds is 7. The summed E-state index contributed by atoms with van der Waals surface area (Å²) in [6, 6.07) is 13.9. The van der Waals surface area contributed by atoms with Gasteiger partial charge in [0.2, 0.25) is 17.8 Å². The summed E-state index contributed by atoms with van der Waals surface area (Å²) in [5, 5.41) is 9.12. The second kappa shape index (κ2) is 11.2. The number of pyridine rings is 1. The van der Waals surface area contributed by atoms with E-state index in [-0.39, 0.29) is 17.7 Å². The van der Waals surface area contributed by atoms with Gasteiger partial charge in [0.05, 0.1) is 24.3 Å². The van der Waals surface area contributed by atoms with E-state index in [0.717, 1.165) is 48.8 Å². The van der Waals surface area contributed by atoms with Crippen molar-refractivity contribution in [3.8, 4) is 0 Å². The molecule has 2 saturated heterocycles. The van der Waals surface area contributed by atoms with Crippen molar-refractivity contribution in [3.05, 3.63) is 66.0 Å². The molecule has 0 aliphatic carbocycles. The summed E-state index contributed by atoms with van der Waals surface area (Å²) in [5.74, 6) is 2.02. The zero-order valence-corrected chi connectivity index (χ0v) is 21.0. The molecule has 3 N–H and O–H groups in total. The number of carbonyl (C=O) groups excluding carboxylic acids is 2. The third-order valence-electron chi connectivity index (χ3n) is 6.71. The van der Waals surface area contributed by atoms with E-state index >= 15 is 0 Å². The van der Waals surface area contributed by atoms with Crippen LogP contribution < -0.4 is 25.8 Å². The summed E-state index contributed by atoms with van der Waals surface area (Å²) < 4.78 is 0. The number of nitrogens with zero attached hydrogens (tertiary/aromatic N) is 5. The molecule has 2 amide bonds. The molecule has 2 aliphatic heterocycles. The second-order valence-electron chi connectivity index (χ2n) is 9.53. The van der Waals surface area contributed by atoms with Crippen molar-refractivity contribution in [2.24, 2.45) is 5.92 Å². The number of piperazine rings is 1. The molecule has 4 heterocycles. The molecule has 1 unspecified atom stereocenters. The van der Waals surface area contributed by atoms with E-state index in [2.05, 4.69) is 49.9 Å². The smallest absolute Gasteiger partial charge is 0.239 e. The molecule has 0 spiro atoms. The van der Waals surface area contributed by atoms with Crippen LogP contribution in [0.3, 0.4) is 0 Å². The predicted octanol–water partition coefficient (Wildman–Crippen LogP) is 2.39. The Labute approximate surface area is 216 Å². The molecular weight excluding hydrogens is 468 g/mol. The summed E-state index contributed by atoms with van der Waals surface area (Å²) in [7, 11) is 0. The molecule has 37 heavy (non-hydrogen) atoms. The van der Waals surface area contributed by atoms with Crippen LogP contribution in [0.25, 0.3) is 0 Å². The number of aromatic nitrogens is 3. The van der Waals surface area contributed by atoms with Gasteiger partial charge in [0.15, 0.2) is 0 Å². The molecule has 2 aliphatic rings. The fraction of sp³-hybridized carbons (Fsp3) is 0.370. The minimum absolute atomic E-state index is 0.00386. The third kappa shape index (κ3) is 6.32. The number of piperidine rings is 1. The average molecular weight is 501 g/mol. The first kappa shape index (κ1) is 24.5. The Morgan fingerprint density at radius 3 is 2.70 bits per heavy atom. The quantitative estimate of drug-likeness (QED) is 0.453. The van der Waals surface area contributed by atoms with Gasteiger partial charge in [0, 0.05) is 38.9 Å². The topological polar surface area (TPSA) is 115 Å². The van der Waals surface area contributed by atoms with E-state index in [1.807, 2.05) is 35.2 Å². The van der Waals surface area contributed by atoms with Gasteiger partial charge in [-0.1, -0.05) is 29.8 Å². The first-order chi connectivity index (χ1) is 18.0. The summed E-state index contributed by atoms with van der Waals surface area (Å²) in [6.45, 7) is 5.72. The Bertz CT molecular complexity index is 1230. The molecule has 10 nitrogen and oxygen atoms in total. The van der Waals surface area contributed by atoms with Crippen molar-refractivity contribution in [3.63, 3.8) is 0 Å². The van der Waals surface area contributed by atoms with Crippen LogP contribution in [-0.4, -0.2) is 59.5 Å². The largest absolute Gasteiger partial charge is 0.356 e. The molecule has 3 aromatic rings. The van der Waals surface area contributed by atoms with Crippen molar-refractivity contribution < 1.29 is 9.59 Å². The van der Waals surface area contributed by atoms with Crippen LogP contribution in [0.5, 0.6) is 0 Å². The molecular formula is C27H32N8O2. The Kier molecular flexibility index (Phi) is 7.43. The highest BCUT2D eigenvalue weighted by atomic mass is 16.2. The van der Waals surface area contributed by atoms with Crippen LogP contribution in [-0.2, 0) is 16.1 Å². The molecule has 192 valence electrons. The fourth-order valence-corrected chi connectivity index (χ4v) is 4.63. The molecule has 1 atom stereocenters. The molecule has 2 fully saturated rings. The van der Waals surface area contributed by atoms with E-state index in [0.29, 0.717) is 32.1 Å². The standard InChI is InChI=1S/C27H32N8O2/c1-19-4-6-20(7-5-19)15-31-26(37)21-3-2-13-34(17-21)24-10-11-29-27(33-24)32-22-8-9-23(30-16-22)35-14-12-28-25(36)18-35/h4-11,16,21H,2-3,12-15,17-18H2,1H3,(H,28,36)(H,31,37)(H,29,32,33). The van der Waals surface area contributed by atoms with Crippen molar-refractivity contribution in [1.82, 2.24) is 25.6 Å². The van der Waals surface area contributed by atoms with Crippen LogP contribution >= 0.6 is 0 Å². The Balaban J connectivity index is 1.18. The van der Waals surface area contributed by atoms with Crippen LogP contribution in [0.4, 0.5) is 23.3 Å². The van der Waals surface area contributed by atoms with Gasteiger partial charge in [-0.25, -0.2) is 9.97 Å². The van der Waals surface area contributed by atoms with Gasteiger partial charge in [-0.3, -0.25) is 9.59 Å². The highest BCUT2D eigenvalue weighted by molar-refractivity contribution is 5.82. The fourth-order valence-electron chi connectivity index (χ4n) is 4.63. The van der Waals surface area contributed by atoms with Gasteiger partial charge in [-0.05, 0) is 43.5 Å². The van der Waals surface area contributed by atoms with Gasteiger partial charge in [-0.15, -0.1) is 0 Å². The van der Waals surface area contributed by atoms with Crippen molar-refractivity contribution >= 4 is 35.1 Å². The summed E-state index contributed by atoms with van der Waals surface area (Å²) >= 11 is 0. The number of hydrogen-bond acceptors (Lipinski definition) is 8. The molecule has 10 heteroatoms. The number of hydrogen-bond donors (Lipinski definition) is 3. The van der Waals surface area contributed by atoms with Gasteiger partial charge in [-0.2, -0.15) is 4.98 Å². The summed E-state index contributed by atoms with van der Waals surface area (Å²) in [6.07, 6.45) is 5.23. The minimum Gasteiger partial charge on any atom is -0.356 e. The number of anilines is 4. The van der Waals surface area contributed by atoms with Crippen molar-refractivity contribution in [2.75, 3.05) is 47.8 Å². The number of amides is 2. The third-order valence-corrected chi connectivity index (χ3v) is 6.71. The summed E-state index contributed by atoms with van der Waals surface area (Å²) in [4.78, 5) is 42.1. The molecule has 5 rings (SSSR count). The van der Waals surface area contributed by atoms with Gasteiger partial charge in [0.25, 0.3) is 0 Å². The van der Waals surface area contributed by atoms with Crippen LogP contribution in [0.1, 0.15) is 24.0 Å². The van der Waals surface area contributed by atoms with Crippen LogP contribution in [0, 0.1) is 12.8 Å². The lowest BCUT2D eigenvalue weighted by Crippen LogP contribution is -2.48. The Morgan fingerprint density at radius 1 is 1.05 bits per heavy atom. The zero-order valence-electron chi connectivity index (χ0n) is 21.0. The van der Waals surface area contributed by atoms with E-state index in [9.17, 15) is 9.59 Å².